The molecular weight excluding hydrogens is 540 g/mol. The maximum atomic E-state index is 13.2. The molecule has 0 bridgehead atoms. The normalized spacial score (nSPS) is 21.4. The number of amides is 1. The minimum atomic E-state index is -4.89. The van der Waals surface area contributed by atoms with Gasteiger partial charge in [-0.15, -0.1) is 0 Å². The number of hydrogen-bond acceptors (Lipinski definition) is 9. The third-order valence-electron chi connectivity index (χ3n) is 6.24. The van der Waals surface area contributed by atoms with Crippen molar-refractivity contribution in [1.29, 1.82) is 0 Å². The number of halogens is 6. The summed E-state index contributed by atoms with van der Waals surface area (Å²) in [6.45, 7) is 2.37. The van der Waals surface area contributed by atoms with Gasteiger partial charge in [0.05, 0.1) is 36.7 Å². The molecule has 0 saturated carbocycles. The Kier molecular flexibility index (Phi) is 8.29. The molecule has 17 heteroatoms. The number of hydrogen-bond donors (Lipinski definition) is 2. The first kappa shape index (κ1) is 28.5. The number of aromatic amines is 1. The van der Waals surface area contributed by atoms with Crippen molar-refractivity contribution in [2.75, 3.05) is 49.7 Å². The average Bonchev–Trinajstić information content (AvgIpc) is 3.01. The number of carbonyl (C=O) groups excluding carboxylic acids is 1. The molecule has 2 aliphatic rings. The Morgan fingerprint density at radius 2 is 1.85 bits per heavy atom. The molecular formula is C22H25F6N7O4. The largest absolute Gasteiger partial charge is 0.423 e. The number of carbonyl (C=O) groups is 1. The first-order valence-corrected chi connectivity index (χ1v) is 11.9. The Morgan fingerprint density at radius 1 is 1.13 bits per heavy atom. The van der Waals surface area contributed by atoms with Crippen molar-refractivity contribution >= 4 is 17.5 Å². The third kappa shape index (κ3) is 6.76. The molecule has 11 nitrogen and oxygen atoms in total. The van der Waals surface area contributed by atoms with Crippen molar-refractivity contribution in [3.63, 3.8) is 0 Å². The molecule has 0 aromatic carbocycles. The van der Waals surface area contributed by atoms with Gasteiger partial charge in [-0.1, -0.05) is 0 Å². The average molecular weight is 565 g/mol. The minimum absolute atomic E-state index is 0.0975. The Bertz CT molecular complexity index is 1210. The lowest BCUT2D eigenvalue weighted by Gasteiger charge is -2.40. The lowest BCUT2D eigenvalue weighted by Crippen LogP contribution is -2.57. The fraction of sp³-hybridized carbons (Fsp3) is 0.591. The van der Waals surface area contributed by atoms with Crippen molar-refractivity contribution in [2.24, 2.45) is 0 Å². The van der Waals surface area contributed by atoms with Gasteiger partial charge < -0.3 is 24.6 Å². The highest BCUT2D eigenvalue weighted by atomic mass is 19.4. The van der Waals surface area contributed by atoms with Crippen molar-refractivity contribution < 1.29 is 40.6 Å². The molecule has 4 rings (SSSR count). The van der Waals surface area contributed by atoms with Crippen LogP contribution in [0.1, 0.15) is 24.5 Å². The summed E-state index contributed by atoms with van der Waals surface area (Å²) >= 11 is 0. The van der Waals surface area contributed by atoms with E-state index in [1.54, 1.807) is 14.9 Å². The third-order valence-corrected chi connectivity index (χ3v) is 6.24. The van der Waals surface area contributed by atoms with Crippen molar-refractivity contribution in [1.82, 2.24) is 25.1 Å². The predicted molar refractivity (Wildman–Crippen MR) is 123 cm³/mol. The number of piperazine rings is 1. The first-order chi connectivity index (χ1) is 18.3. The van der Waals surface area contributed by atoms with Crippen LogP contribution >= 0.6 is 0 Å². The quantitative estimate of drug-likeness (QED) is 0.485. The smallest absolute Gasteiger partial charge is 0.378 e. The second kappa shape index (κ2) is 11.3. The lowest BCUT2D eigenvalue weighted by molar-refractivity contribution is -0.146. The molecule has 0 aliphatic carbocycles. The number of aromatic nitrogens is 4. The zero-order valence-corrected chi connectivity index (χ0v) is 20.6. The molecule has 0 spiro atoms. The van der Waals surface area contributed by atoms with Crippen LogP contribution in [0.15, 0.2) is 23.4 Å². The van der Waals surface area contributed by atoms with Gasteiger partial charge >= 0.3 is 12.4 Å². The zero-order valence-electron chi connectivity index (χ0n) is 20.6. The summed E-state index contributed by atoms with van der Waals surface area (Å²) in [5, 5.41) is 7.70. The summed E-state index contributed by atoms with van der Waals surface area (Å²) in [6, 6.07) is -0.956. The van der Waals surface area contributed by atoms with E-state index in [9.17, 15) is 35.9 Å². The summed E-state index contributed by atoms with van der Waals surface area (Å²) in [6.07, 6.45) is -7.62. The van der Waals surface area contributed by atoms with E-state index in [2.05, 4.69) is 20.4 Å². The molecule has 1 amide bonds. The van der Waals surface area contributed by atoms with E-state index in [4.69, 9.17) is 9.47 Å². The number of alkyl halides is 6. The zero-order chi connectivity index (χ0) is 28.4. The standard InChI is InChI=1S/C22H25F6N7O4/c1-12(32-15-8-31-33-18(36)17(15)22(26,27)28)10-38-11-16-19(37)35-4-3-34(9-14(35)2-5-39-16)20-29-6-13(7-30-20)21(23,24)25/h6-8,12,14,16H,2-5,9-11H2,1H3,(H2,32,33,36)/t12-,14?,16+/m0/s1. The van der Waals surface area contributed by atoms with Crippen LogP contribution in [-0.2, 0) is 26.6 Å². The number of nitrogens with zero attached hydrogens (tertiary/aromatic N) is 5. The Labute approximate surface area is 217 Å². The second-order valence-electron chi connectivity index (χ2n) is 9.12. The lowest BCUT2D eigenvalue weighted by atomic mass is 10.1. The molecule has 0 radical (unpaired) electrons. The molecule has 4 heterocycles. The van der Waals surface area contributed by atoms with E-state index in [-0.39, 0.29) is 44.3 Å². The van der Waals surface area contributed by atoms with Gasteiger partial charge in [-0.25, -0.2) is 15.1 Å². The Hall–Kier alpha value is -3.47. The molecule has 2 saturated heterocycles. The molecule has 2 aromatic heterocycles. The topological polar surface area (TPSA) is 126 Å². The number of nitrogens with one attached hydrogen (secondary N) is 2. The highest BCUT2D eigenvalue weighted by molar-refractivity contribution is 5.82. The van der Waals surface area contributed by atoms with Gasteiger partial charge in [-0.3, -0.25) is 9.59 Å². The van der Waals surface area contributed by atoms with Gasteiger partial charge in [0, 0.05) is 44.7 Å². The van der Waals surface area contributed by atoms with Crippen LogP contribution in [0, 0.1) is 0 Å². The van der Waals surface area contributed by atoms with Crippen LogP contribution in [-0.4, -0.2) is 88.6 Å². The SMILES string of the molecule is C[C@@H](COC[C@H]1OCCC2CN(c3ncc(C(F)(F)F)cn3)CCN2C1=O)Nc1cn[nH]c(=O)c1C(F)(F)F. The second-order valence-corrected chi connectivity index (χ2v) is 9.12. The van der Waals surface area contributed by atoms with Crippen LogP contribution in [0.5, 0.6) is 0 Å². The Balaban J connectivity index is 1.30. The highest BCUT2D eigenvalue weighted by Gasteiger charge is 2.39. The molecule has 39 heavy (non-hydrogen) atoms. The molecule has 2 N–H and O–H groups in total. The number of anilines is 2. The summed E-state index contributed by atoms with van der Waals surface area (Å²) in [5.74, 6) is -0.199. The van der Waals surface area contributed by atoms with Gasteiger partial charge in [-0.2, -0.15) is 31.4 Å². The van der Waals surface area contributed by atoms with Crippen LogP contribution in [0.25, 0.3) is 0 Å². The van der Waals surface area contributed by atoms with Crippen molar-refractivity contribution in [2.45, 2.75) is 43.9 Å². The van der Waals surface area contributed by atoms with E-state index in [1.165, 1.54) is 6.92 Å². The highest BCUT2D eigenvalue weighted by Crippen LogP contribution is 2.32. The van der Waals surface area contributed by atoms with Gasteiger partial charge in [0.1, 0.15) is 5.56 Å². The number of rotatable bonds is 7. The maximum absolute atomic E-state index is 13.2. The van der Waals surface area contributed by atoms with E-state index in [0.717, 1.165) is 18.6 Å². The van der Waals surface area contributed by atoms with E-state index in [0.29, 0.717) is 19.5 Å². The van der Waals surface area contributed by atoms with Crippen molar-refractivity contribution in [3.8, 4) is 0 Å². The number of fused-ring (bicyclic) bond motifs is 1. The van der Waals surface area contributed by atoms with E-state index >= 15 is 0 Å². The summed E-state index contributed by atoms with van der Waals surface area (Å²) in [4.78, 5) is 35.7. The summed E-state index contributed by atoms with van der Waals surface area (Å²) in [7, 11) is 0. The van der Waals surface area contributed by atoms with Gasteiger partial charge in [0.25, 0.3) is 11.5 Å². The summed E-state index contributed by atoms with van der Waals surface area (Å²) in [5.41, 5.74) is -4.23. The maximum Gasteiger partial charge on any atom is 0.423 e. The predicted octanol–water partition coefficient (Wildman–Crippen LogP) is 1.92. The summed E-state index contributed by atoms with van der Waals surface area (Å²) < 4.78 is 89.3. The Morgan fingerprint density at radius 3 is 2.51 bits per heavy atom. The first-order valence-electron chi connectivity index (χ1n) is 11.9. The molecule has 2 aliphatic heterocycles. The molecule has 2 aromatic rings. The molecule has 2 fully saturated rings. The van der Waals surface area contributed by atoms with Crippen LogP contribution in [0.4, 0.5) is 38.0 Å². The number of H-pyrrole nitrogens is 1. The van der Waals surface area contributed by atoms with E-state index < -0.39 is 46.9 Å². The minimum Gasteiger partial charge on any atom is -0.378 e. The van der Waals surface area contributed by atoms with Gasteiger partial charge in [-0.05, 0) is 13.3 Å². The van der Waals surface area contributed by atoms with Crippen LogP contribution < -0.4 is 15.8 Å². The monoisotopic (exact) mass is 565 g/mol. The molecule has 1 unspecified atom stereocenters. The molecule has 3 atom stereocenters. The molecule has 214 valence electrons. The number of ether oxygens (including phenoxy) is 2. The fourth-order valence-corrected chi connectivity index (χ4v) is 4.38. The fourth-order valence-electron chi connectivity index (χ4n) is 4.38. The van der Waals surface area contributed by atoms with Crippen LogP contribution in [0.2, 0.25) is 0 Å². The van der Waals surface area contributed by atoms with Gasteiger partial charge in [0.2, 0.25) is 5.95 Å². The van der Waals surface area contributed by atoms with Crippen LogP contribution in [0.3, 0.4) is 0 Å². The van der Waals surface area contributed by atoms with E-state index in [1.807, 2.05) is 0 Å². The van der Waals surface area contributed by atoms with Gasteiger partial charge in [0.15, 0.2) is 6.10 Å². The van der Waals surface area contributed by atoms with Crippen molar-refractivity contribution in [3.05, 3.63) is 40.1 Å².